The Bertz CT molecular complexity index is 765. The molecule has 0 aliphatic rings. The van der Waals surface area contributed by atoms with E-state index in [9.17, 15) is 9.59 Å². The number of hydrogen-bond donors (Lipinski definition) is 3. The van der Waals surface area contributed by atoms with Crippen molar-refractivity contribution in [2.24, 2.45) is 5.73 Å². The maximum Gasteiger partial charge on any atom is 0.319 e. The van der Waals surface area contributed by atoms with Gasteiger partial charge in [-0.1, -0.05) is 30.3 Å². The number of likely N-dealkylation sites (N-methyl/N-ethyl adjacent to an activating group) is 1. The zero-order valence-electron chi connectivity index (χ0n) is 15.1. The fourth-order valence-corrected chi connectivity index (χ4v) is 2.90. The monoisotopic (exact) mass is 358 g/mol. The van der Waals surface area contributed by atoms with Crippen LogP contribution in [0.3, 0.4) is 0 Å². The van der Waals surface area contributed by atoms with Crippen LogP contribution in [0.2, 0.25) is 0 Å². The summed E-state index contributed by atoms with van der Waals surface area (Å²) < 4.78 is 10.6. The second-order valence-electron chi connectivity index (χ2n) is 5.90. The molecule has 4 N–H and O–H groups in total. The summed E-state index contributed by atoms with van der Waals surface area (Å²) in [5.74, 6) is 0.911. The molecule has 0 saturated heterocycles. The molecule has 0 fully saturated rings. The van der Waals surface area contributed by atoms with Gasteiger partial charge in [0.05, 0.1) is 21.3 Å². The zero-order chi connectivity index (χ0) is 19.1. The van der Waals surface area contributed by atoms with E-state index in [2.05, 4.69) is 5.32 Å². The number of hydrogen-bond acceptors (Lipinski definition) is 4. The van der Waals surface area contributed by atoms with Gasteiger partial charge in [-0.25, -0.2) is 4.79 Å². The highest BCUT2D eigenvalue weighted by atomic mass is 16.5. The van der Waals surface area contributed by atoms with Crippen molar-refractivity contribution in [1.82, 2.24) is 5.32 Å². The van der Waals surface area contributed by atoms with Gasteiger partial charge in [0.25, 0.3) is 5.91 Å². The number of nitrogens with one attached hydrogen (secondary N) is 2. The Balaban J connectivity index is 2.31. The lowest BCUT2D eigenvalue weighted by Crippen LogP contribution is -3.09. The maximum absolute atomic E-state index is 12.6. The number of quaternary nitrogens is 1. The molecular weight excluding hydrogens is 334 g/mol. The first kappa shape index (κ1) is 19.3. The summed E-state index contributed by atoms with van der Waals surface area (Å²) in [4.78, 5) is 24.6. The number of carbonyl (C=O) groups is 2. The van der Waals surface area contributed by atoms with Crippen LogP contribution in [-0.2, 0) is 11.3 Å². The van der Waals surface area contributed by atoms with Gasteiger partial charge in [0.1, 0.15) is 18.0 Å². The molecule has 0 saturated carbocycles. The third kappa shape index (κ3) is 4.73. The average molecular weight is 358 g/mol. The topological polar surface area (TPSA) is 95.1 Å². The summed E-state index contributed by atoms with van der Waals surface area (Å²) in [7, 11) is 5.05. The molecule has 0 aromatic heterocycles. The minimum atomic E-state index is -0.870. The second kappa shape index (κ2) is 8.87. The Labute approximate surface area is 152 Å². The molecule has 2 rings (SSSR count). The first-order valence-electron chi connectivity index (χ1n) is 8.14. The molecule has 138 valence electrons. The first-order valence-corrected chi connectivity index (χ1v) is 8.14. The van der Waals surface area contributed by atoms with E-state index in [-0.39, 0.29) is 0 Å². The molecule has 7 heteroatoms. The van der Waals surface area contributed by atoms with Crippen molar-refractivity contribution < 1.29 is 24.0 Å². The van der Waals surface area contributed by atoms with Gasteiger partial charge in [0.2, 0.25) is 0 Å². The zero-order valence-corrected chi connectivity index (χ0v) is 15.1. The van der Waals surface area contributed by atoms with Gasteiger partial charge < -0.3 is 20.1 Å². The number of rotatable bonds is 7. The van der Waals surface area contributed by atoms with Crippen molar-refractivity contribution in [3.63, 3.8) is 0 Å². The number of methoxy groups -OCH3 is 2. The van der Waals surface area contributed by atoms with E-state index in [0.29, 0.717) is 18.0 Å². The van der Waals surface area contributed by atoms with Crippen LogP contribution >= 0.6 is 0 Å². The predicted molar refractivity (Wildman–Crippen MR) is 97.0 cm³/mol. The molecule has 2 atom stereocenters. The van der Waals surface area contributed by atoms with Crippen LogP contribution in [0.15, 0.2) is 48.5 Å². The average Bonchev–Trinajstić information content (AvgIpc) is 2.62. The van der Waals surface area contributed by atoms with Crippen LogP contribution < -0.4 is 25.4 Å². The number of primary amides is 1. The number of amides is 3. The van der Waals surface area contributed by atoms with Gasteiger partial charge in [-0.3, -0.25) is 10.1 Å². The molecule has 26 heavy (non-hydrogen) atoms. The summed E-state index contributed by atoms with van der Waals surface area (Å²) >= 11 is 0. The highest BCUT2D eigenvalue weighted by molar-refractivity contribution is 5.96. The second-order valence-corrected chi connectivity index (χ2v) is 5.90. The van der Waals surface area contributed by atoms with Gasteiger partial charge >= 0.3 is 6.03 Å². The van der Waals surface area contributed by atoms with E-state index in [1.54, 1.807) is 20.3 Å². The third-order valence-corrected chi connectivity index (χ3v) is 4.10. The Morgan fingerprint density at radius 1 is 1.12 bits per heavy atom. The van der Waals surface area contributed by atoms with Crippen LogP contribution in [0, 0.1) is 0 Å². The van der Waals surface area contributed by atoms with E-state index in [4.69, 9.17) is 15.2 Å². The van der Waals surface area contributed by atoms with E-state index in [0.717, 1.165) is 16.0 Å². The van der Waals surface area contributed by atoms with E-state index < -0.39 is 18.0 Å². The minimum Gasteiger partial charge on any atom is -0.497 e. The lowest BCUT2D eigenvalue weighted by atomic mass is 10.0. The van der Waals surface area contributed by atoms with Gasteiger partial charge in [0.15, 0.2) is 6.04 Å². The first-order chi connectivity index (χ1) is 12.5. The fraction of sp³-hybridized carbons (Fsp3) is 0.263. The molecule has 0 aliphatic heterocycles. The molecule has 0 aliphatic carbocycles. The van der Waals surface area contributed by atoms with Crippen LogP contribution in [-0.4, -0.2) is 33.2 Å². The predicted octanol–water partition coefficient (Wildman–Crippen LogP) is 0.655. The molecule has 2 aromatic carbocycles. The molecule has 7 nitrogen and oxygen atoms in total. The van der Waals surface area contributed by atoms with Gasteiger partial charge in [-0.2, -0.15) is 0 Å². The fourth-order valence-electron chi connectivity index (χ4n) is 2.90. The Morgan fingerprint density at radius 2 is 1.81 bits per heavy atom. The molecule has 1 unspecified atom stereocenters. The van der Waals surface area contributed by atoms with Crippen molar-refractivity contribution in [1.29, 1.82) is 0 Å². The van der Waals surface area contributed by atoms with E-state index in [1.807, 2.05) is 49.5 Å². The summed E-state index contributed by atoms with van der Waals surface area (Å²) in [6.07, 6.45) is 0. The number of imide groups is 1. The van der Waals surface area contributed by atoms with Gasteiger partial charge in [-0.15, -0.1) is 0 Å². The molecular formula is C19H24N3O4+. The van der Waals surface area contributed by atoms with Crippen LogP contribution in [0.1, 0.15) is 17.2 Å². The van der Waals surface area contributed by atoms with Crippen molar-refractivity contribution >= 4 is 11.9 Å². The number of ether oxygens (including phenoxy) is 2. The number of urea groups is 1. The van der Waals surface area contributed by atoms with Crippen LogP contribution in [0.25, 0.3) is 0 Å². The molecule has 3 amide bonds. The van der Waals surface area contributed by atoms with E-state index >= 15 is 0 Å². The summed E-state index contributed by atoms with van der Waals surface area (Å²) in [6.45, 7) is 0.499. The standard InChI is InChI=1S/C19H23N3O4/c1-22(12-14-9-10-15(25-2)11-16(14)26-3)17(18(23)21-19(20)24)13-7-5-4-6-8-13/h4-11,17H,12H2,1-3H3,(H3,20,21,23,24)/p+1/t17-/m0/s1. The normalized spacial score (nSPS) is 12.7. The molecule has 0 spiro atoms. The van der Waals surface area contributed by atoms with Crippen molar-refractivity contribution in [3.8, 4) is 11.5 Å². The Morgan fingerprint density at radius 3 is 2.38 bits per heavy atom. The van der Waals surface area contributed by atoms with E-state index in [1.165, 1.54) is 0 Å². The SMILES string of the molecule is COc1ccc(C[NH+](C)[C@H](C(=O)NC(N)=O)c2ccccc2)c(OC)c1. The number of benzene rings is 2. The maximum atomic E-state index is 12.6. The highest BCUT2D eigenvalue weighted by Gasteiger charge is 2.30. The third-order valence-electron chi connectivity index (χ3n) is 4.10. The molecule has 0 heterocycles. The summed E-state index contributed by atoms with van der Waals surface area (Å²) in [5, 5.41) is 2.18. The molecule has 0 radical (unpaired) electrons. The molecule has 2 aromatic rings. The van der Waals surface area contributed by atoms with Crippen molar-refractivity contribution in [2.75, 3.05) is 21.3 Å². The molecule has 0 bridgehead atoms. The lowest BCUT2D eigenvalue weighted by molar-refractivity contribution is -0.916. The Kier molecular flexibility index (Phi) is 6.57. The van der Waals surface area contributed by atoms with Crippen LogP contribution in [0.4, 0.5) is 4.79 Å². The largest absolute Gasteiger partial charge is 0.497 e. The quantitative estimate of drug-likeness (QED) is 0.677. The minimum absolute atomic E-state index is 0.450. The summed E-state index contributed by atoms with van der Waals surface area (Å²) in [6, 6.07) is 13.3. The number of carbonyl (C=O) groups excluding carboxylic acids is 2. The Hall–Kier alpha value is -3.06. The highest BCUT2D eigenvalue weighted by Crippen LogP contribution is 2.24. The summed E-state index contributed by atoms with van der Waals surface area (Å²) in [5.41, 5.74) is 6.83. The number of nitrogens with two attached hydrogens (primary N) is 1. The van der Waals surface area contributed by atoms with Crippen molar-refractivity contribution in [2.45, 2.75) is 12.6 Å². The van der Waals surface area contributed by atoms with Crippen LogP contribution in [0.5, 0.6) is 11.5 Å². The lowest BCUT2D eigenvalue weighted by Gasteiger charge is -2.25. The van der Waals surface area contributed by atoms with Crippen molar-refractivity contribution in [3.05, 3.63) is 59.7 Å². The smallest absolute Gasteiger partial charge is 0.319 e. The van der Waals surface area contributed by atoms with Gasteiger partial charge in [-0.05, 0) is 12.1 Å². The van der Waals surface area contributed by atoms with Gasteiger partial charge in [0, 0.05) is 17.2 Å².